The standard InChI is InChI=1S/C14H17N3O3/c1-17-11-6-5-9(8-12(11)20-14(17)19)16-13(18)10-4-2-3-7-15-10/h5-6,8,10,15H,2-4,7H2,1H3,(H,16,18). The highest BCUT2D eigenvalue weighted by atomic mass is 16.4. The second-order valence-electron chi connectivity index (χ2n) is 5.10. The van der Waals surface area contributed by atoms with Crippen LogP contribution in [0.25, 0.3) is 11.1 Å². The zero-order valence-corrected chi connectivity index (χ0v) is 11.3. The fourth-order valence-corrected chi connectivity index (χ4v) is 2.52. The van der Waals surface area contributed by atoms with E-state index in [1.165, 1.54) is 4.57 Å². The topological polar surface area (TPSA) is 76.3 Å². The minimum atomic E-state index is -0.405. The molecule has 6 nitrogen and oxygen atoms in total. The van der Waals surface area contributed by atoms with Gasteiger partial charge in [0.05, 0.1) is 11.6 Å². The van der Waals surface area contributed by atoms with Crippen LogP contribution in [0.2, 0.25) is 0 Å². The van der Waals surface area contributed by atoms with Gasteiger partial charge in [-0.05, 0) is 31.5 Å². The minimum absolute atomic E-state index is 0.0395. The molecule has 6 heteroatoms. The van der Waals surface area contributed by atoms with Gasteiger partial charge in [0.2, 0.25) is 5.91 Å². The Morgan fingerprint density at radius 2 is 2.30 bits per heavy atom. The van der Waals surface area contributed by atoms with Crippen LogP contribution < -0.4 is 16.4 Å². The van der Waals surface area contributed by atoms with E-state index in [1.807, 2.05) is 0 Å². The van der Waals surface area contributed by atoms with E-state index in [9.17, 15) is 9.59 Å². The highest BCUT2D eigenvalue weighted by molar-refractivity contribution is 5.96. The van der Waals surface area contributed by atoms with Gasteiger partial charge in [-0.2, -0.15) is 0 Å². The van der Waals surface area contributed by atoms with E-state index in [4.69, 9.17) is 4.42 Å². The predicted molar refractivity (Wildman–Crippen MR) is 75.7 cm³/mol. The Hall–Kier alpha value is -2.08. The molecule has 0 spiro atoms. The third-order valence-corrected chi connectivity index (χ3v) is 3.69. The van der Waals surface area contributed by atoms with Crippen LogP contribution in [0.5, 0.6) is 0 Å². The fraction of sp³-hybridized carbons (Fsp3) is 0.429. The molecule has 106 valence electrons. The Bertz CT molecular complexity index is 695. The lowest BCUT2D eigenvalue weighted by atomic mass is 10.0. The van der Waals surface area contributed by atoms with Crippen LogP contribution in [0.3, 0.4) is 0 Å². The Kier molecular flexibility index (Phi) is 3.31. The van der Waals surface area contributed by atoms with E-state index >= 15 is 0 Å². The van der Waals surface area contributed by atoms with E-state index in [1.54, 1.807) is 25.2 Å². The van der Waals surface area contributed by atoms with Crippen molar-refractivity contribution in [2.75, 3.05) is 11.9 Å². The smallest absolute Gasteiger partial charge is 0.408 e. The summed E-state index contributed by atoms with van der Waals surface area (Å²) in [6.45, 7) is 0.880. The van der Waals surface area contributed by atoms with E-state index in [0.29, 0.717) is 16.8 Å². The van der Waals surface area contributed by atoms with Gasteiger partial charge in [0.15, 0.2) is 5.58 Å². The molecule has 1 aliphatic heterocycles. The number of aryl methyl sites for hydroxylation is 1. The zero-order valence-electron chi connectivity index (χ0n) is 11.3. The largest absolute Gasteiger partial charge is 0.419 e. The fourth-order valence-electron chi connectivity index (χ4n) is 2.52. The molecule has 2 aromatic rings. The number of hydrogen-bond acceptors (Lipinski definition) is 4. The average molecular weight is 275 g/mol. The van der Waals surface area contributed by atoms with Crippen molar-refractivity contribution >= 4 is 22.7 Å². The number of amides is 1. The third kappa shape index (κ3) is 2.34. The number of aromatic nitrogens is 1. The lowest BCUT2D eigenvalue weighted by Crippen LogP contribution is -2.43. The molecule has 1 aliphatic rings. The van der Waals surface area contributed by atoms with Crippen LogP contribution in [0.4, 0.5) is 5.69 Å². The van der Waals surface area contributed by atoms with Crippen LogP contribution in [-0.2, 0) is 11.8 Å². The number of nitrogens with one attached hydrogen (secondary N) is 2. The summed E-state index contributed by atoms with van der Waals surface area (Å²) in [5.41, 5.74) is 1.83. The number of hydrogen-bond donors (Lipinski definition) is 2. The molecule has 2 heterocycles. The van der Waals surface area contributed by atoms with Crippen molar-refractivity contribution in [1.82, 2.24) is 9.88 Å². The number of anilines is 1. The van der Waals surface area contributed by atoms with Crippen molar-refractivity contribution in [3.05, 3.63) is 28.7 Å². The second kappa shape index (κ2) is 5.13. The van der Waals surface area contributed by atoms with E-state index < -0.39 is 5.76 Å². The maximum Gasteiger partial charge on any atom is 0.419 e. The number of carbonyl (C=O) groups is 1. The van der Waals surface area contributed by atoms with Crippen molar-refractivity contribution < 1.29 is 9.21 Å². The van der Waals surface area contributed by atoms with Crippen LogP contribution in [0.15, 0.2) is 27.4 Å². The van der Waals surface area contributed by atoms with E-state index in [-0.39, 0.29) is 11.9 Å². The van der Waals surface area contributed by atoms with Gasteiger partial charge in [0.1, 0.15) is 0 Å². The molecule has 0 bridgehead atoms. The molecule has 0 aliphatic carbocycles. The lowest BCUT2D eigenvalue weighted by Gasteiger charge is -2.22. The van der Waals surface area contributed by atoms with Crippen LogP contribution >= 0.6 is 0 Å². The van der Waals surface area contributed by atoms with Crippen molar-refractivity contribution in [2.45, 2.75) is 25.3 Å². The molecule has 3 rings (SSSR count). The molecule has 1 aromatic carbocycles. The molecule has 1 amide bonds. The molecule has 1 fully saturated rings. The summed E-state index contributed by atoms with van der Waals surface area (Å²) < 4.78 is 6.54. The highest BCUT2D eigenvalue weighted by Gasteiger charge is 2.20. The molecule has 1 atom stereocenters. The molecule has 0 saturated carbocycles. The Labute approximate surface area is 115 Å². The zero-order chi connectivity index (χ0) is 14.1. The SMILES string of the molecule is Cn1c(=O)oc2cc(NC(=O)C3CCCCN3)ccc21. The number of carbonyl (C=O) groups excluding carboxylic acids is 1. The first-order valence-electron chi connectivity index (χ1n) is 6.79. The molecular weight excluding hydrogens is 258 g/mol. The maximum absolute atomic E-state index is 12.1. The summed E-state index contributed by atoms with van der Waals surface area (Å²) >= 11 is 0. The minimum Gasteiger partial charge on any atom is -0.408 e. The number of oxazole rings is 1. The summed E-state index contributed by atoms with van der Waals surface area (Å²) in [7, 11) is 1.65. The van der Waals surface area contributed by atoms with Gasteiger partial charge in [0.25, 0.3) is 0 Å². The summed E-state index contributed by atoms with van der Waals surface area (Å²) in [5, 5.41) is 6.06. The molecule has 2 N–H and O–H groups in total. The van der Waals surface area contributed by atoms with Gasteiger partial charge in [-0.15, -0.1) is 0 Å². The number of piperidine rings is 1. The summed E-state index contributed by atoms with van der Waals surface area (Å²) in [6.07, 6.45) is 3.04. The second-order valence-corrected chi connectivity index (χ2v) is 5.10. The number of benzene rings is 1. The van der Waals surface area contributed by atoms with Gasteiger partial charge in [-0.1, -0.05) is 6.42 Å². The lowest BCUT2D eigenvalue weighted by molar-refractivity contribution is -0.118. The van der Waals surface area contributed by atoms with Gasteiger partial charge in [-0.3, -0.25) is 9.36 Å². The van der Waals surface area contributed by atoms with Crippen LogP contribution in [0.1, 0.15) is 19.3 Å². The van der Waals surface area contributed by atoms with Gasteiger partial charge >= 0.3 is 5.76 Å². The van der Waals surface area contributed by atoms with Gasteiger partial charge in [0, 0.05) is 18.8 Å². The highest BCUT2D eigenvalue weighted by Crippen LogP contribution is 2.18. The van der Waals surface area contributed by atoms with Crippen molar-refractivity contribution in [3.63, 3.8) is 0 Å². The summed E-state index contributed by atoms with van der Waals surface area (Å²) in [5.74, 6) is -0.445. The summed E-state index contributed by atoms with van der Waals surface area (Å²) in [6, 6.07) is 5.09. The van der Waals surface area contributed by atoms with Gasteiger partial charge in [-0.25, -0.2) is 4.79 Å². The number of rotatable bonds is 2. The maximum atomic E-state index is 12.1. The number of fused-ring (bicyclic) bond motifs is 1. The first-order valence-corrected chi connectivity index (χ1v) is 6.79. The first kappa shape index (κ1) is 12.9. The monoisotopic (exact) mass is 275 g/mol. The predicted octanol–water partition coefficient (Wildman–Crippen LogP) is 1.21. The summed E-state index contributed by atoms with van der Waals surface area (Å²) in [4.78, 5) is 23.5. The number of nitrogens with zero attached hydrogens (tertiary/aromatic N) is 1. The van der Waals surface area contributed by atoms with Crippen molar-refractivity contribution in [3.8, 4) is 0 Å². The Morgan fingerprint density at radius 1 is 1.45 bits per heavy atom. The first-order chi connectivity index (χ1) is 9.65. The molecule has 20 heavy (non-hydrogen) atoms. The van der Waals surface area contributed by atoms with Gasteiger partial charge < -0.3 is 15.1 Å². The molecule has 1 unspecified atom stereocenters. The Balaban J connectivity index is 1.80. The van der Waals surface area contributed by atoms with Crippen LogP contribution in [-0.4, -0.2) is 23.1 Å². The quantitative estimate of drug-likeness (QED) is 0.863. The van der Waals surface area contributed by atoms with Crippen molar-refractivity contribution in [2.24, 2.45) is 7.05 Å². The molecule has 1 aromatic heterocycles. The van der Waals surface area contributed by atoms with E-state index in [0.717, 1.165) is 25.8 Å². The van der Waals surface area contributed by atoms with E-state index in [2.05, 4.69) is 10.6 Å². The third-order valence-electron chi connectivity index (χ3n) is 3.69. The molecule has 1 saturated heterocycles. The normalized spacial score (nSPS) is 19.1. The Morgan fingerprint density at radius 3 is 3.05 bits per heavy atom. The molecular formula is C14H17N3O3. The van der Waals surface area contributed by atoms with Crippen LogP contribution in [0, 0.1) is 0 Å². The molecule has 0 radical (unpaired) electrons. The average Bonchev–Trinajstić information content (AvgIpc) is 2.74. The van der Waals surface area contributed by atoms with Crippen molar-refractivity contribution in [1.29, 1.82) is 0 Å².